The van der Waals surface area contributed by atoms with Gasteiger partial charge in [0.2, 0.25) is 0 Å². The fraction of sp³-hybridized carbons (Fsp3) is 0.875. The van der Waals surface area contributed by atoms with Crippen LogP contribution in [0.5, 0.6) is 0 Å². The van der Waals surface area contributed by atoms with Gasteiger partial charge in [0, 0.05) is 17.7 Å². The second-order valence-electron chi connectivity index (χ2n) is 3.46. The maximum Gasteiger partial charge on any atom is 0.0400 e. The maximum absolute atomic E-state index is 4.18. The first-order chi connectivity index (χ1) is 4.48. The first-order valence-corrected chi connectivity index (χ1v) is 3.76. The Morgan fingerprint density at radius 2 is 1.90 bits per heavy atom. The van der Waals surface area contributed by atoms with Crippen molar-refractivity contribution in [3.8, 4) is 0 Å². The van der Waals surface area contributed by atoms with Crippen LogP contribution in [0.2, 0.25) is 0 Å². The molecule has 0 aliphatic rings. The molecule has 0 heterocycles. The summed E-state index contributed by atoms with van der Waals surface area (Å²) in [7, 11) is 0. The summed E-state index contributed by atoms with van der Waals surface area (Å²) < 4.78 is 0. The minimum absolute atomic E-state index is 0.197. The van der Waals surface area contributed by atoms with E-state index in [4.69, 9.17) is 0 Å². The quantitative estimate of drug-likeness (QED) is 0.463. The summed E-state index contributed by atoms with van der Waals surface area (Å²) in [5.41, 5.74) is 4.29. The van der Waals surface area contributed by atoms with Crippen molar-refractivity contribution in [3.63, 3.8) is 0 Å². The highest BCUT2D eigenvalue weighted by Gasteiger charge is 2.13. The van der Waals surface area contributed by atoms with Crippen LogP contribution in [0, 0.1) is 5.41 Å². The van der Waals surface area contributed by atoms with E-state index in [1.54, 1.807) is 0 Å². The minimum Gasteiger partial charge on any atom is -0.310 e. The molecule has 0 spiro atoms. The van der Waals surface area contributed by atoms with Crippen LogP contribution in [0.15, 0.2) is 5.10 Å². The van der Waals surface area contributed by atoms with Crippen molar-refractivity contribution in [1.82, 2.24) is 5.43 Å². The van der Waals surface area contributed by atoms with Gasteiger partial charge >= 0.3 is 0 Å². The lowest BCUT2D eigenvalue weighted by Gasteiger charge is -2.17. The van der Waals surface area contributed by atoms with Gasteiger partial charge in [-0.15, -0.1) is 0 Å². The van der Waals surface area contributed by atoms with Gasteiger partial charge in [0.1, 0.15) is 0 Å². The molecule has 2 nitrogen and oxygen atoms in total. The molecule has 0 aromatic rings. The molecule has 0 aromatic carbocycles. The third-order valence-electron chi connectivity index (χ3n) is 1.49. The van der Waals surface area contributed by atoms with E-state index in [-0.39, 0.29) is 5.41 Å². The van der Waals surface area contributed by atoms with E-state index in [1.807, 2.05) is 13.8 Å². The molecule has 0 aliphatic carbocycles. The zero-order valence-electron chi connectivity index (χ0n) is 7.65. The van der Waals surface area contributed by atoms with E-state index in [2.05, 4.69) is 31.3 Å². The van der Waals surface area contributed by atoms with Crippen LogP contribution in [0.25, 0.3) is 0 Å². The molecule has 60 valence electrons. The van der Waals surface area contributed by atoms with Crippen LogP contribution in [0.4, 0.5) is 0 Å². The normalized spacial score (nSPS) is 13.5. The van der Waals surface area contributed by atoms with Crippen LogP contribution in [-0.2, 0) is 0 Å². The first-order valence-electron chi connectivity index (χ1n) is 3.76. The second-order valence-corrected chi connectivity index (χ2v) is 3.46. The van der Waals surface area contributed by atoms with Gasteiger partial charge in [-0.25, -0.2) is 0 Å². The highest BCUT2D eigenvalue weighted by Crippen LogP contribution is 2.14. The van der Waals surface area contributed by atoms with Crippen molar-refractivity contribution in [2.24, 2.45) is 10.5 Å². The third kappa shape index (κ3) is 3.49. The van der Waals surface area contributed by atoms with Gasteiger partial charge in [0.25, 0.3) is 0 Å². The van der Waals surface area contributed by atoms with Crippen molar-refractivity contribution in [3.05, 3.63) is 0 Å². The zero-order chi connectivity index (χ0) is 8.20. The van der Waals surface area contributed by atoms with E-state index >= 15 is 0 Å². The van der Waals surface area contributed by atoms with Crippen LogP contribution in [0.3, 0.4) is 0 Å². The molecule has 10 heavy (non-hydrogen) atoms. The highest BCUT2D eigenvalue weighted by atomic mass is 15.3. The maximum atomic E-state index is 4.18. The fourth-order valence-electron chi connectivity index (χ4n) is 0.365. The zero-order valence-corrected chi connectivity index (χ0v) is 7.65. The monoisotopic (exact) mass is 142 g/mol. The van der Waals surface area contributed by atoms with Crippen LogP contribution >= 0.6 is 0 Å². The Hall–Kier alpha value is -0.530. The number of nitrogens with one attached hydrogen (secondary N) is 1. The molecule has 0 atom stereocenters. The molecule has 0 aliphatic heterocycles. The number of rotatable bonds is 2. The topological polar surface area (TPSA) is 24.4 Å². The second kappa shape index (κ2) is 3.59. The van der Waals surface area contributed by atoms with Gasteiger partial charge < -0.3 is 5.43 Å². The standard InChI is InChI=1S/C8H18N2/c1-6-9-10-7(2)8(3,4)5/h9H,6H2,1-5H3/b10-7-. The Morgan fingerprint density at radius 3 is 2.20 bits per heavy atom. The van der Waals surface area contributed by atoms with Crippen molar-refractivity contribution >= 4 is 5.71 Å². The van der Waals surface area contributed by atoms with E-state index in [1.165, 1.54) is 0 Å². The molecule has 0 rings (SSSR count). The van der Waals surface area contributed by atoms with Gasteiger partial charge in [0.05, 0.1) is 0 Å². The van der Waals surface area contributed by atoms with E-state index in [0.717, 1.165) is 12.3 Å². The summed E-state index contributed by atoms with van der Waals surface area (Å²) in [6, 6.07) is 0. The number of hydrogen-bond donors (Lipinski definition) is 1. The lowest BCUT2D eigenvalue weighted by molar-refractivity contribution is 0.577. The Kier molecular flexibility index (Phi) is 3.40. The van der Waals surface area contributed by atoms with Crippen LogP contribution < -0.4 is 5.43 Å². The molecule has 0 amide bonds. The van der Waals surface area contributed by atoms with Crippen molar-refractivity contribution in [1.29, 1.82) is 0 Å². The number of hydrazone groups is 1. The van der Waals surface area contributed by atoms with Gasteiger partial charge in [0.15, 0.2) is 0 Å². The molecular weight excluding hydrogens is 124 g/mol. The summed E-state index contributed by atoms with van der Waals surface area (Å²) in [6.07, 6.45) is 0. The lowest BCUT2D eigenvalue weighted by Crippen LogP contribution is -2.20. The first kappa shape index (κ1) is 9.47. The summed E-state index contributed by atoms with van der Waals surface area (Å²) in [4.78, 5) is 0. The Balaban J connectivity index is 3.93. The molecule has 0 aromatic heterocycles. The largest absolute Gasteiger partial charge is 0.310 e. The molecule has 0 saturated heterocycles. The van der Waals surface area contributed by atoms with E-state index < -0.39 is 0 Å². The van der Waals surface area contributed by atoms with Crippen molar-refractivity contribution in [2.75, 3.05) is 6.54 Å². The minimum atomic E-state index is 0.197. The Morgan fingerprint density at radius 1 is 1.40 bits per heavy atom. The predicted octanol–water partition coefficient (Wildman–Crippen LogP) is 2.02. The van der Waals surface area contributed by atoms with Crippen LogP contribution in [0.1, 0.15) is 34.6 Å². The molecule has 0 saturated carbocycles. The molecule has 0 unspecified atom stereocenters. The molecule has 0 bridgehead atoms. The third-order valence-corrected chi connectivity index (χ3v) is 1.49. The molecule has 0 fully saturated rings. The number of nitrogens with zero attached hydrogens (tertiary/aromatic N) is 1. The SMILES string of the molecule is CCN/N=C(/C)C(C)(C)C. The van der Waals surface area contributed by atoms with Crippen molar-refractivity contribution in [2.45, 2.75) is 34.6 Å². The van der Waals surface area contributed by atoms with E-state index in [9.17, 15) is 0 Å². The van der Waals surface area contributed by atoms with Gasteiger partial charge in [-0.2, -0.15) is 5.10 Å². The summed E-state index contributed by atoms with van der Waals surface area (Å²) in [5.74, 6) is 0. The van der Waals surface area contributed by atoms with Crippen LogP contribution in [-0.4, -0.2) is 12.3 Å². The fourth-order valence-corrected chi connectivity index (χ4v) is 0.365. The molecule has 2 heteroatoms. The Labute approximate surface area is 63.7 Å². The molecule has 0 radical (unpaired) electrons. The smallest absolute Gasteiger partial charge is 0.0400 e. The summed E-state index contributed by atoms with van der Waals surface area (Å²) >= 11 is 0. The van der Waals surface area contributed by atoms with Crippen molar-refractivity contribution < 1.29 is 0 Å². The Bertz CT molecular complexity index is 120. The highest BCUT2D eigenvalue weighted by molar-refractivity contribution is 5.86. The van der Waals surface area contributed by atoms with E-state index in [0.29, 0.717) is 0 Å². The average molecular weight is 142 g/mol. The van der Waals surface area contributed by atoms with Gasteiger partial charge in [-0.3, -0.25) is 0 Å². The summed E-state index contributed by atoms with van der Waals surface area (Å²) in [5, 5.41) is 4.18. The molecular formula is C8H18N2. The van der Waals surface area contributed by atoms with Gasteiger partial charge in [-0.1, -0.05) is 20.8 Å². The lowest BCUT2D eigenvalue weighted by atomic mass is 9.91. The molecule has 1 N–H and O–H groups in total. The van der Waals surface area contributed by atoms with Gasteiger partial charge in [-0.05, 0) is 13.8 Å². The average Bonchev–Trinajstić information content (AvgIpc) is 1.80. The number of hydrogen-bond acceptors (Lipinski definition) is 2. The summed E-state index contributed by atoms with van der Waals surface area (Å²) in [6.45, 7) is 11.4. The predicted molar refractivity (Wildman–Crippen MR) is 46.2 cm³/mol.